The highest BCUT2D eigenvalue weighted by atomic mass is 32.2. The topological polar surface area (TPSA) is 55.1 Å². The van der Waals surface area contributed by atoms with Crippen LogP contribution in [0.15, 0.2) is 47.6 Å². The van der Waals surface area contributed by atoms with Gasteiger partial charge in [0.1, 0.15) is 0 Å². The molecule has 3 rings (SSSR count). The molecule has 0 fully saturated rings. The Hall–Kier alpha value is -2.27. The van der Waals surface area contributed by atoms with Crippen molar-refractivity contribution >= 4 is 28.8 Å². The Labute approximate surface area is 126 Å². The van der Waals surface area contributed by atoms with Crippen LogP contribution in [0.5, 0.6) is 0 Å². The molecule has 3 aromatic rings. The van der Waals surface area contributed by atoms with E-state index in [2.05, 4.69) is 9.55 Å². The number of aromatic carboxylic acids is 1. The summed E-state index contributed by atoms with van der Waals surface area (Å²) in [6.45, 7) is 1.81. The van der Waals surface area contributed by atoms with Crippen molar-refractivity contribution < 1.29 is 9.90 Å². The third-order valence-corrected chi connectivity index (χ3v) is 4.05. The molecule has 0 amide bonds. The van der Waals surface area contributed by atoms with Gasteiger partial charge in [-0.15, -0.1) is 0 Å². The normalized spacial score (nSPS) is 11.0. The van der Waals surface area contributed by atoms with Crippen LogP contribution in [0.25, 0.3) is 16.7 Å². The molecule has 1 heterocycles. The molecule has 5 heteroatoms. The van der Waals surface area contributed by atoms with Crippen LogP contribution in [-0.2, 0) is 0 Å². The van der Waals surface area contributed by atoms with Crippen LogP contribution < -0.4 is 0 Å². The Morgan fingerprint density at radius 3 is 2.67 bits per heavy atom. The third-order valence-electron chi connectivity index (χ3n) is 3.41. The Morgan fingerprint density at radius 1 is 1.24 bits per heavy atom. The van der Waals surface area contributed by atoms with Crippen molar-refractivity contribution in [3.8, 4) is 5.69 Å². The van der Waals surface area contributed by atoms with Gasteiger partial charge in [-0.1, -0.05) is 23.9 Å². The van der Waals surface area contributed by atoms with Gasteiger partial charge in [0.2, 0.25) is 0 Å². The van der Waals surface area contributed by atoms with Crippen LogP contribution in [0, 0.1) is 6.92 Å². The lowest BCUT2D eigenvalue weighted by molar-refractivity contribution is 0.0696. The van der Waals surface area contributed by atoms with Crippen molar-refractivity contribution in [2.75, 3.05) is 6.26 Å². The second-order valence-corrected chi connectivity index (χ2v) is 5.50. The largest absolute Gasteiger partial charge is 0.478 e. The number of aryl methyl sites for hydroxylation is 1. The number of para-hydroxylation sites is 2. The molecule has 0 aliphatic rings. The summed E-state index contributed by atoms with van der Waals surface area (Å²) >= 11 is 1.57. The monoisotopic (exact) mass is 298 g/mol. The maximum absolute atomic E-state index is 11.1. The van der Waals surface area contributed by atoms with Crippen LogP contribution in [0.1, 0.15) is 15.9 Å². The number of aromatic nitrogens is 2. The molecule has 1 aromatic heterocycles. The summed E-state index contributed by atoms with van der Waals surface area (Å²) in [6.07, 6.45) is 1.98. The van der Waals surface area contributed by atoms with Crippen LogP contribution >= 0.6 is 11.8 Å². The second-order valence-electron chi connectivity index (χ2n) is 4.73. The van der Waals surface area contributed by atoms with Crippen LogP contribution in [0.3, 0.4) is 0 Å². The minimum atomic E-state index is -0.903. The van der Waals surface area contributed by atoms with Crippen molar-refractivity contribution in [1.29, 1.82) is 0 Å². The van der Waals surface area contributed by atoms with E-state index in [1.54, 1.807) is 17.8 Å². The minimum Gasteiger partial charge on any atom is -0.478 e. The number of carboxylic acids is 1. The highest BCUT2D eigenvalue weighted by Gasteiger charge is 2.13. The van der Waals surface area contributed by atoms with E-state index in [-0.39, 0.29) is 0 Å². The fraction of sp³-hybridized carbons (Fsp3) is 0.125. The molecule has 0 bridgehead atoms. The van der Waals surface area contributed by atoms with Gasteiger partial charge in [-0.2, -0.15) is 0 Å². The molecular formula is C16H14N2O2S. The molecular weight excluding hydrogens is 284 g/mol. The molecule has 0 spiro atoms. The number of hydrogen-bond donors (Lipinski definition) is 1. The standard InChI is InChI=1S/C16H14N2O2S/c1-10-9-11(7-8-12(10)15(19)20)18-14-6-4-3-5-13(14)17-16(18)21-2/h3-9H,1-2H3,(H,19,20). The first kappa shape index (κ1) is 13.7. The summed E-state index contributed by atoms with van der Waals surface area (Å²) in [7, 11) is 0. The molecule has 0 radical (unpaired) electrons. The summed E-state index contributed by atoms with van der Waals surface area (Å²) in [5, 5.41) is 10.0. The number of carboxylic acid groups (broad SMARTS) is 1. The molecule has 0 saturated carbocycles. The first-order chi connectivity index (χ1) is 10.1. The zero-order chi connectivity index (χ0) is 15.0. The molecule has 0 unspecified atom stereocenters. The molecule has 0 saturated heterocycles. The molecule has 2 aromatic carbocycles. The van der Waals surface area contributed by atoms with Crippen LogP contribution in [0.4, 0.5) is 0 Å². The van der Waals surface area contributed by atoms with E-state index >= 15 is 0 Å². The summed E-state index contributed by atoms with van der Waals surface area (Å²) in [5.41, 5.74) is 3.94. The Bertz CT molecular complexity index is 839. The molecule has 106 valence electrons. The fourth-order valence-corrected chi connectivity index (χ4v) is 2.99. The van der Waals surface area contributed by atoms with Gasteiger partial charge in [-0.25, -0.2) is 9.78 Å². The molecule has 21 heavy (non-hydrogen) atoms. The van der Waals surface area contributed by atoms with Gasteiger partial charge in [0.25, 0.3) is 0 Å². The van der Waals surface area contributed by atoms with Gasteiger partial charge in [-0.3, -0.25) is 4.57 Å². The average Bonchev–Trinajstić information content (AvgIpc) is 2.85. The lowest BCUT2D eigenvalue weighted by atomic mass is 10.1. The molecule has 1 N–H and O–H groups in total. The number of rotatable bonds is 3. The Balaban J connectivity index is 2.25. The van der Waals surface area contributed by atoms with Gasteiger partial charge in [-0.05, 0) is 49.1 Å². The average molecular weight is 298 g/mol. The van der Waals surface area contributed by atoms with E-state index in [9.17, 15) is 4.79 Å². The number of imidazole rings is 1. The van der Waals surface area contributed by atoms with Crippen molar-refractivity contribution in [2.45, 2.75) is 12.1 Å². The number of nitrogens with zero attached hydrogens (tertiary/aromatic N) is 2. The number of thioether (sulfide) groups is 1. The third kappa shape index (κ3) is 2.29. The molecule has 0 aliphatic carbocycles. The fourth-order valence-electron chi connectivity index (χ4n) is 2.42. The van der Waals surface area contributed by atoms with E-state index in [1.165, 1.54) is 0 Å². The summed E-state index contributed by atoms with van der Waals surface area (Å²) in [5.74, 6) is -0.903. The van der Waals surface area contributed by atoms with E-state index in [0.29, 0.717) is 5.56 Å². The lowest BCUT2D eigenvalue weighted by Gasteiger charge is -2.10. The predicted octanol–water partition coefficient (Wildman–Crippen LogP) is 3.75. The van der Waals surface area contributed by atoms with E-state index < -0.39 is 5.97 Å². The predicted molar refractivity (Wildman–Crippen MR) is 84.5 cm³/mol. The summed E-state index contributed by atoms with van der Waals surface area (Å²) in [6, 6.07) is 13.3. The van der Waals surface area contributed by atoms with Crippen molar-refractivity contribution in [3.05, 3.63) is 53.6 Å². The molecule has 0 aliphatic heterocycles. The SMILES string of the molecule is CSc1nc2ccccc2n1-c1ccc(C(=O)O)c(C)c1. The Morgan fingerprint density at radius 2 is 2.00 bits per heavy atom. The van der Waals surface area contributed by atoms with Gasteiger partial charge >= 0.3 is 5.97 Å². The Kier molecular flexibility index (Phi) is 3.43. The minimum absolute atomic E-state index is 0.328. The highest BCUT2D eigenvalue weighted by Crippen LogP contribution is 2.27. The number of hydrogen-bond acceptors (Lipinski definition) is 3. The van der Waals surface area contributed by atoms with Crippen LogP contribution in [-0.4, -0.2) is 26.9 Å². The van der Waals surface area contributed by atoms with Gasteiger partial charge in [0.05, 0.1) is 16.6 Å². The number of benzene rings is 2. The van der Waals surface area contributed by atoms with Gasteiger partial charge in [0, 0.05) is 5.69 Å². The van der Waals surface area contributed by atoms with E-state index in [4.69, 9.17) is 5.11 Å². The van der Waals surface area contributed by atoms with Crippen LogP contribution in [0.2, 0.25) is 0 Å². The smallest absolute Gasteiger partial charge is 0.335 e. The zero-order valence-corrected chi connectivity index (χ0v) is 12.5. The number of fused-ring (bicyclic) bond motifs is 1. The first-order valence-electron chi connectivity index (χ1n) is 6.47. The molecule has 4 nitrogen and oxygen atoms in total. The quantitative estimate of drug-likeness (QED) is 0.748. The summed E-state index contributed by atoms with van der Waals surface area (Å²) < 4.78 is 2.05. The number of carbonyl (C=O) groups is 1. The maximum Gasteiger partial charge on any atom is 0.335 e. The van der Waals surface area contributed by atoms with Crippen molar-refractivity contribution in [2.24, 2.45) is 0 Å². The first-order valence-corrected chi connectivity index (χ1v) is 7.70. The van der Waals surface area contributed by atoms with Crippen molar-refractivity contribution in [3.63, 3.8) is 0 Å². The highest BCUT2D eigenvalue weighted by molar-refractivity contribution is 7.98. The van der Waals surface area contributed by atoms with E-state index in [0.717, 1.165) is 27.4 Å². The zero-order valence-electron chi connectivity index (χ0n) is 11.7. The van der Waals surface area contributed by atoms with E-state index in [1.807, 2.05) is 49.6 Å². The lowest BCUT2D eigenvalue weighted by Crippen LogP contribution is -2.02. The maximum atomic E-state index is 11.1. The summed E-state index contributed by atoms with van der Waals surface area (Å²) in [4.78, 5) is 15.7. The van der Waals surface area contributed by atoms with Gasteiger partial charge in [0.15, 0.2) is 5.16 Å². The van der Waals surface area contributed by atoms with Gasteiger partial charge < -0.3 is 5.11 Å². The molecule has 0 atom stereocenters. The second kappa shape index (κ2) is 5.26. The van der Waals surface area contributed by atoms with Crippen molar-refractivity contribution in [1.82, 2.24) is 9.55 Å².